The molecule has 0 radical (unpaired) electrons. The Labute approximate surface area is 176 Å². The highest BCUT2D eigenvalue weighted by atomic mass is 79.9. The van der Waals surface area contributed by atoms with E-state index in [-0.39, 0.29) is 10.8 Å². The summed E-state index contributed by atoms with van der Waals surface area (Å²) < 4.78 is 0.754. The van der Waals surface area contributed by atoms with Crippen LogP contribution >= 0.6 is 27.5 Å². The van der Waals surface area contributed by atoms with Gasteiger partial charge in [-0.2, -0.15) is 20.1 Å². The molecule has 2 N–H and O–H groups in total. The average Bonchev–Trinajstić information content (AvgIpc) is 3.39. The molecular weight excluding hydrogens is 446 g/mol. The summed E-state index contributed by atoms with van der Waals surface area (Å²) in [5.74, 6) is 1.72. The lowest BCUT2D eigenvalue weighted by atomic mass is 10.2. The third-order valence-corrected chi connectivity index (χ3v) is 5.56. The average molecular weight is 467 g/mol. The number of rotatable bonds is 5. The zero-order valence-corrected chi connectivity index (χ0v) is 17.6. The van der Waals surface area contributed by atoms with Crippen molar-refractivity contribution in [1.82, 2.24) is 15.0 Å². The Hall–Kier alpha value is -2.13. The lowest BCUT2D eigenvalue weighted by Gasteiger charge is -2.20. The highest BCUT2D eigenvalue weighted by Gasteiger charge is 2.21. The van der Waals surface area contributed by atoms with Crippen molar-refractivity contribution in [2.45, 2.75) is 25.7 Å². The number of aromatic nitrogens is 3. The van der Waals surface area contributed by atoms with E-state index >= 15 is 0 Å². The Balaban J connectivity index is 1.58. The Kier molecular flexibility index (Phi) is 5.82. The van der Waals surface area contributed by atoms with Crippen LogP contribution in [0.2, 0.25) is 5.02 Å². The van der Waals surface area contributed by atoms with Gasteiger partial charge in [0.1, 0.15) is 5.75 Å². The molecule has 0 saturated carbocycles. The number of benzene rings is 1. The number of aromatic hydroxyl groups is 1. The number of halogens is 2. The van der Waals surface area contributed by atoms with E-state index in [9.17, 15) is 5.11 Å². The first kappa shape index (κ1) is 19.2. The quantitative estimate of drug-likeness (QED) is 0.513. The molecule has 1 aromatic carbocycles. The minimum Gasteiger partial charge on any atom is -0.506 e. The van der Waals surface area contributed by atoms with Crippen LogP contribution in [-0.2, 0) is 0 Å². The topological polar surface area (TPSA) is 89.8 Å². The maximum Gasteiger partial charge on any atom is 0.250 e. The van der Waals surface area contributed by atoms with Crippen molar-refractivity contribution in [2.24, 2.45) is 5.10 Å². The van der Waals surface area contributed by atoms with Crippen LogP contribution in [0, 0.1) is 0 Å². The second-order valence-electron chi connectivity index (χ2n) is 6.84. The van der Waals surface area contributed by atoms with Crippen molar-refractivity contribution in [1.29, 1.82) is 0 Å². The van der Waals surface area contributed by atoms with Crippen LogP contribution in [-0.4, -0.2) is 52.5 Å². The monoisotopic (exact) mass is 465 g/mol. The molecule has 2 fully saturated rings. The molecule has 0 unspecified atom stereocenters. The van der Waals surface area contributed by atoms with Crippen LogP contribution in [0.1, 0.15) is 31.2 Å². The summed E-state index contributed by atoms with van der Waals surface area (Å²) in [5.41, 5.74) is 3.36. The molecule has 0 bridgehead atoms. The smallest absolute Gasteiger partial charge is 0.250 e. The van der Waals surface area contributed by atoms with Gasteiger partial charge in [0.25, 0.3) is 0 Å². The standard InChI is InChI=1S/C18H21BrClN7O/c19-13-9-12(15(28)14(20)10-13)11-21-25-16-22-17(26-5-1-2-6-26)24-18(23-16)27-7-3-4-8-27/h9-11,28H,1-8H2,(H,22,23,24,25)/b21-11-. The molecule has 2 saturated heterocycles. The zero-order chi connectivity index (χ0) is 19.5. The fourth-order valence-corrected chi connectivity index (χ4v) is 4.20. The van der Waals surface area contributed by atoms with Gasteiger partial charge in [-0.1, -0.05) is 27.5 Å². The molecule has 0 spiro atoms. The van der Waals surface area contributed by atoms with Crippen molar-refractivity contribution < 1.29 is 5.11 Å². The minimum absolute atomic E-state index is 0.0263. The first-order valence-corrected chi connectivity index (χ1v) is 10.5. The summed E-state index contributed by atoms with van der Waals surface area (Å²) in [6, 6.07) is 3.35. The minimum atomic E-state index is -0.0263. The predicted octanol–water partition coefficient (Wildman–Crippen LogP) is 3.64. The largest absolute Gasteiger partial charge is 0.506 e. The van der Waals surface area contributed by atoms with Crippen molar-refractivity contribution in [3.8, 4) is 5.75 Å². The van der Waals surface area contributed by atoms with Gasteiger partial charge in [0.05, 0.1) is 11.2 Å². The number of hydrogen-bond acceptors (Lipinski definition) is 8. The van der Waals surface area contributed by atoms with Gasteiger partial charge in [0, 0.05) is 36.2 Å². The van der Waals surface area contributed by atoms with Gasteiger partial charge in [-0.3, -0.25) is 0 Å². The molecule has 0 amide bonds. The molecule has 2 aromatic rings. The van der Waals surface area contributed by atoms with Gasteiger partial charge in [-0.15, -0.1) is 0 Å². The molecule has 4 rings (SSSR count). The van der Waals surface area contributed by atoms with Crippen LogP contribution in [0.3, 0.4) is 0 Å². The zero-order valence-electron chi connectivity index (χ0n) is 15.3. The summed E-state index contributed by atoms with van der Waals surface area (Å²) in [4.78, 5) is 18.1. The molecule has 2 aliphatic heterocycles. The number of hydrogen-bond donors (Lipinski definition) is 2. The van der Waals surface area contributed by atoms with Gasteiger partial charge < -0.3 is 14.9 Å². The lowest BCUT2D eigenvalue weighted by Crippen LogP contribution is -2.25. The number of phenolic OH excluding ortho intramolecular Hbond substituents is 1. The Morgan fingerprint density at radius 3 is 2.14 bits per heavy atom. The Morgan fingerprint density at radius 2 is 1.57 bits per heavy atom. The van der Waals surface area contributed by atoms with E-state index < -0.39 is 0 Å². The number of anilines is 3. The Bertz CT molecular complexity index is 848. The first-order valence-electron chi connectivity index (χ1n) is 9.33. The van der Waals surface area contributed by atoms with Gasteiger partial charge in [-0.25, -0.2) is 5.43 Å². The van der Waals surface area contributed by atoms with E-state index in [0.717, 1.165) is 56.3 Å². The van der Waals surface area contributed by atoms with Gasteiger partial charge in [0.15, 0.2) is 0 Å². The molecule has 148 valence electrons. The molecule has 8 nitrogen and oxygen atoms in total. The Morgan fingerprint density at radius 1 is 1.00 bits per heavy atom. The summed E-state index contributed by atoms with van der Waals surface area (Å²) >= 11 is 9.35. The third-order valence-electron chi connectivity index (χ3n) is 4.82. The number of nitrogens with one attached hydrogen (secondary N) is 1. The van der Waals surface area contributed by atoms with E-state index in [1.165, 1.54) is 6.21 Å². The van der Waals surface area contributed by atoms with Crippen LogP contribution in [0.5, 0.6) is 5.75 Å². The van der Waals surface area contributed by atoms with E-state index in [1.54, 1.807) is 12.1 Å². The van der Waals surface area contributed by atoms with E-state index in [2.05, 4.69) is 51.2 Å². The molecular formula is C18H21BrClN7O. The maximum atomic E-state index is 10.1. The highest BCUT2D eigenvalue weighted by molar-refractivity contribution is 9.10. The third kappa shape index (κ3) is 4.30. The number of nitrogens with zero attached hydrogens (tertiary/aromatic N) is 6. The summed E-state index contributed by atoms with van der Waals surface area (Å²) in [6.45, 7) is 3.82. The fraction of sp³-hybridized carbons (Fsp3) is 0.444. The molecule has 1 aromatic heterocycles. The molecule has 0 aliphatic carbocycles. The van der Waals surface area contributed by atoms with Crippen molar-refractivity contribution in [3.05, 3.63) is 27.2 Å². The number of phenols is 1. The SMILES string of the molecule is Oc1c(Cl)cc(Br)cc1/C=N\Nc1nc(N2CCCC2)nc(N2CCCC2)n1. The summed E-state index contributed by atoms with van der Waals surface area (Å²) in [6.07, 6.45) is 6.08. The van der Waals surface area contributed by atoms with Crippen molar-refractivity contribution in [3.63, 3.8) is 0 Å². The van der Waals surface area contributed by atoms with Crippen molar-refractivity contribution in [2.75, 3.05) is 41.4 Å². The molecule has 2 aliphatic rings. The van der Waals surface area contributed by atoms with Crippen molar-refractivity contribution >= 4 is 51.6 Å². The van der Waals surface area contributed by atoms with Crippen LogP contribution in [0.25, 0.3) is 0 Å². The molecule has 0 atom stereocenters. The van der Waals surface area contributed by atoms with E-state index in [0.29, 0.717) is 23.4 Å². The lowest BCUT2D eigenvalue weighted by molar-refractivity contribution is 0.474. The maximum absolute atomic E-state index is 10.1. The molecule has 28 heavy (non-hydrogen) atoms. The van der Waals surface area contributed by atoms with Gasteiger partial charge >= 0.3 is 0 Å². The highest BCUT2D eigenvalue weighted by Crippen LogP contribution is 2.30. The van der Waals surface area contributed by atoms with Crippen LogP contribution in [0.15, 0.2) is 21.7 Å². The second kappa shape index (κ2) is 8.48. The second-order valence-corrected chi connectivity index (χ2v) is 8.17. The van der Waals surface area contributed by atoms with Crippen LogP contribution in [0.4, 0.5) is 17.8 Å². The van der Waals surface area contributed by atoms with Gasteiger partial charge in [-0.05, 0) is 37.8 Å². The van der Waals surface area contributed by atoms with E-state index in [1.807, 2.05) is 0 Å². The first-order chi connectivity index (χ1) is 13.6. The summed E-state index contributed by atoms with van der Waals surface area (Å²) in [5, 5.41) is 14.5. The van der Waals surface area contributed by atoms with Crippen LogP contribution < -0.4 is 15.2 Å². The fourth-order valence-electron chi connectivity index (χ4n) is 3.36. The van der Waals surface area contributed by atoms with Gasteiger partial charge in [0.2, 0.25) is 17.8 Å². The number of hydrazone groups is 1. The normalized spacial score (nSPS) is 17.1. The molecule has 10 heteroatoms. The summed E-state index contributed by atoms with van der Waals surface area (Å²) in [7, 11) is 0. The predicted molar refractivity (Wildman–Crippen MR) is 115 cm³/mol. The van der Waals surface area contributed by atoms with E-state index in [4.69, 9.17) is 11.6 Å². The molecule has 3 heterocycles.